The smallest absolute Gasteiger partial charge is 0.416 e. The minimum Gasteiger partial charge on any atom is -0.465 e. The Balaban J connectivity index is 2.12. The molecule has 0 N–H and O–H groups in total. The molecule has 0 saturated carbocycles. The molecule has 1 aromatic heterocycles. The number of aromatic nitrogens is 2. The van der Waals surface area contributed by atoms with Gasteiger partial charge in [0.1, 0.15) is 5.25 Å². The number of rotatable bonds is 5. The summed E-state index contributed by atoms with van der Waals surface area (Å²) < 4.78 is 45.5. The molecule has 1 aliphatic heterocycles. The summed E-state index contributed by atoms with van der Waals surface area (Å²) in [5.74, 6) is 0.203. The maximum absolute atomic E-state index is 13.1. The molecule has 10 heteroatoms. The van der Waals surface area contributed by atoms with Gasteiger partial charge in [-0.3, -0.25) is 14.2 Å². The summed E-state index contributed by atoms with van der Waals surface area (Å²) in [4.78, 5) is 29.9. The van der Waals surface area contributed by atoms with Crippen molar-refractivity contribution in [1.82, 2.24) is 9.55 Å². The van der Waals surface area contributed by atoms with Gasteiger partial charge >= 0.3 is 12.1 Å². The topological polar surface area (TPSA) is 61.2 Å². The minimum atomic E-state index is -4.54. The number of benzene rings is 1. The zero-order valence-corrected chi connectivity index (χ0v) is 16.7. The van der Waals surface area contributed by atoms with Crippen LogP contribution in [0, 0.1) is 0 Å². The predicted molar refractivity (Wildman–Crippen MR) is 101 cm³/mol. The third-order valence-electron chi connectivity index (χ3n) is 4.00. The van der Waals surface area contributed by atoms with Gasteiger partial charge in [0, 0.05) is 12.2 Å². The fourth-order valence-electron chi connectivity index (χ4n) is 2.69. The number of fused-ring (bicyclic) bond motifs is 1. The van der Waals surface area contributed by atoms with Gasteiger partial charge in [0.2, 0.25) is 0 Å². The number of hydrogen-bond acceptors (Lipinski definition) is 6. The number of esters is 1. The molecule has 1 aliphatic rings. The van der Waals surface area contributed by atoms with Gasteiger partial charge in [0.25, 0.3) is 5.56 Å². The lowest BCUT2D eigenvalue weighted by molar-refractivity contribution is -0.142. The fourth-order valence-corrected chi connectivity index (χ4v) is 4.65. The van der Waals surface area contributed by atoms with Crippen LogP contribution in [0.5, 0.6) is 0 Å². The molecule has 1 aromatic carbocycles. The highest BCUT2D eigenvalue weighted by Crippen LogP contribution is 2.34. The Morgan fingerprint density at radius 3 is 2.86 bits per heavy atom. The van der Waals surface area contributed by atoms with E-state index in [2.05, 4.69) is 4.98 Å². The van der Waals surface area contributed by atoms with Crippen molar-refractivity contribution in [3.05, 3.63) is 45.9 Å². The molecule has 0 aliphatic carbocycles. The van der Waals surface area contributed by atoms with Crippen molar-refractivity contribution in [2.75, 3.05) is 12.4 Å². The van der Waals surface area contributed by atoms with Crippen LogP contribution in [0.25, 0.3) is 5.69 Å². The first-order chi connectivity index (χ1) is 13.2. The largest absolute Gasteiger partial charge is 0.465 e. The van der Waals surface area contributed by atoms with Gasteiger partial charge < -0.3 is 4.74 Å². The Morgan fingerprint density at radius 1 is 1.43 bits per heavy atom. The van der Waals surface area contributed by atoms with Crippen LogP contribution >= 0.6 is 23.5 Å². The maximum atomic E-state index is 13.1. The van der Waals surface area contributed by atoms with E-state index in [0.717, 1.165) is 28.5 Å². The Bertz CT molecular complexity index is 960. The van der Waals surface area contributed by atoms with Crippen LogP contribution < -0.4 is 5.56 Å². The molecule has 28 heavy (non-hydrogen) atoms. The lowest BCUT2D eigenvalue weighted by Crippen LogP contribution is -2.26. The average molecular weight is 430 g/mol. The van der Waals surface area contributed by atoms with E-state index >= 15 is 0 Å². The number of hydrogen-bond donors (Lipinski definition) is 0. The first kappa shape index (κ1) is 20.8. The van der Waals surface area contributed by atoms with Crippen LogP contribution in [0.1, 0.15) is 25.1 Å². The molecule has 0 radical (unpaired) electrons. The monoisotopic (exact) mass is 430 g/mol. The third-order valence-corrected chi connectivity index (χ3v) is 6.14. The Hall–Kier alpha value is -1.94. The molecule has 150 valence electrons. The number of aryl methyl sites for hydroxylation is 1. The van der Waals surface area contributed by atoms with Gasteiger partial charge in [0.05, 0.1) is 28.4 Å². The Kier molecular flexibility index (Phi) is 6.09. The third kappa shape index (κ3) is 4.22. The fraction of sp³-hybridized carbons (Fsp3) is 0.389. The molecule has 3 rings (SSSR count). The first-order valence-corrected chi connectivity index (χ1v) is 10.4. The number of alkyl halides is 3. The van der Waals surface area contributed by atoms with Crippen LogP contribution in [0.3, 0.4) is 0 Å². The summed E-state index contributed by atoms with van der Waals surface area (Å²) in [5, 5.41) is -0.498. The van der Waals surface area contributed by atoms with Crippen molar-refractivity contribution in [2.24, 2.45) is 0 Å². The van der Waals surface area contributed by atoms with Crippen LogP contribution in [-0.2, 0) is 22.1 Å². The van der Waals surface area contributed by atoms with Crippen molar-refractivity contribution in [3.63, 3.8) is 0 Å². The first-order valence-electron chi connectivity index (χ1n) is 8.52. The Labute approximate surface area is 167 Å². The maximum Gasteiger partial charge on any atom is 0.416 e. The standard InChI is InChI=1S/C18H17F3N2O3S2/c1-3-26-16(25)10(2)28-17-22-13-7-8-27-14(13)15(24)23(17)12-6-4-5-11(9-12)18(19,20)21/h4-6,9-10H,3,7-8H2,1-2H3. The molecule has 2 heterocycles. The summed E-state index contributed by atoms with van der Waals surface area (Å²) in [6.45, 7) is 3.49. The summed E-state index contributed by atoms with van der Waals surface area (Å²) in [6.07, 6.45) is -3.94. The predicted octanol–water partition coefficient (Wildman–Crippen LogP) is 3.94. The molecule has 0 fully saturated rings. The molecule has 0 amide bonds. The van der Waals surface area contributed by atoms with Crippen molar-refractivity contribution in [2.45, 2.75) is 41.7 Å². The molecule has 1 unspecified atom stereocenters. The molecular weight excluding hydrogens is 413 g/mol. The zero-order chi connectivity index (χ0) is 20.5. The molecule has 2 aromatic rings. The van der Waals surface area contributed by atoms with Gasteiger partial charge in [-0.2, -0.15) is 13.2 Å². The molecule has 0 spiro atoms. The van der Waals surface area contributed by atoms with E-state index in [-0.39, 0.29) is 17.5 Å². The number of thioether (sulfide) groups is 2. The van der Waals surface area contributed by atoms with Crippen molar-refractivity contribution in [1.29, 1.82) is 0 Å². The number of ether oxygens (including phenoxy) is 1. The van der Waals surface area contributed by atoms with Crippen LogP contribution in [0.2, 0.25) is 0 Å². The highest BCUT2D eigenvalue weighted by Gasteiger charge is 2.31. The second-order valence-electron chi connectivity index (χ2n) is 5.97. The zero-order valence-electron chi connectivity index (χ0n) is 15.1. The van der Waals surface area contributed by atoms with Crippen LogP contribution in [0.15, 0.2) is 39.1 Å². The van der Waals surface area contributed by atoms with Crippen molar-refractivity contribution in [3.8, 4) is 5.69 Å². The van der Waals surface area contributed by atoms with Crippen molar-refractivity contribution < 1.29 is 22.7 Å². The number of carbonyl (C=O) groups is 1. The van der Waals surface area contributed by atoms with Crippen molar-refractivity contribution >= 4 is 29.5 Å². The van der Waals surface area contributed by atoms with E-state index in [9.17, 15) is 22.8 Å². The van der Waals surface area contributed by atoms with E-state index < -0.39 is 28.5 Å². The summed E-state index contributed by atoms with van der Waals surface area (Å²) >= 11 is 2.33. The highest BCUT2D eigenvalue weighted by atomic mass is 32.2. The number of carbonyl (C=O) groups excluding carboxylic acids is 1. The van der Waals surface area contributed by atoms with Gasteiger partial charge in [-0.15, -0.1) is 11.8 Å². The van der Waals surface area contributed by atoms with Gasteiger partial charge in [0.15, 0.2) is 5.16 Å². The number of halogens is 3. The summed E-state index contributed by atoms with van der Waals surface area (Å²) in [5.41, 5.74) is -0.622. The lowest BCUT2D eigenvalue weighted by atomic mass is 10.2. The molecule has 1 atom stereocenters. The number of nitrogens with zero attached hydrogens (tertiary/aromatic N) is 2. The second-order valence-corrected chi connectivity index (χ2v) is 8.38. The van der Waals surface area contributed by atoms with Gasteiger partial charge in [-0.25, -0.2) is 4.98 Å². The highest BCUT2D eigenvalue weighted by molar-refractivity contribution is 8.00. The Morgan fingerprint density at radius 2 is 2.18 bits per heavy atom. The van der Waals surface area contributed by atoms with E-state index in [1.165, 1.54) is 23.9 Å². The van der Waals surface area contributed by atoms with E-state index in [0.29, 0.717) is 22.8 Å². The second kappa shape index (κ2) is 8.20. The van der Waals surface area contributed by atoms with E-state index in [4.69, 9.17) is 4.74 Å². The molecule has 5 nitrogen and oxygen atoms in total. The summed E-state index contributed by atoms with van der Waals surface area (Å²) in [6, 6.07) is 4.52. The SMILES string of the molecule is CCOC(=O)C(C)Sc1nc2c(c(=O)n1-c1cccc(C(F)(F)F)c1)SCC2. The molecule has 0 bridgehead atoms. The normalized spacial score (nSPS) is 14.6. The van der Waals surface area contributed by atoms with E-state index in [1.807, 2.05) is 0 Å². The molecular formula is C18H17F3N2O3S2. The van der Waals surface area contributed by atoms with Gasteiger partial charge in [-0.1, -0.05) is 17.8 Å². The summed E-state index contributed by atoms with van der Waals surface area (Å²) in [7, 11) is 0. The quantitative estimate of drug-likeness (QED) is 0.407. The molecule has 0 saturated heterocycles. The average Bonchev–Trinajstić information content (AvgIpc) is 3.10. The van der Waals surface area contributed by atoms with Crippen LogP contribution in [-0.4, -0.2) is 33.1 Å². The lowest BCUT2D eigenvalue weighted by Gasteiger charge is -2.17. The van der Waals surface area contributed by atoms with E-state index in [1.54, 1.807) is 13.8 Å². The van der Waals surface area contributed by atoms with Gasteiger partial charge in [-0.05, 0) is 32.0 Å². The van der Waals surface area contributed by atoms with Crippen LogP contribution in [0.4, 0.5) is 13.2 Å². The minimum absolute atomic E-state index is 0.0567.